The van der Waals surface area contributed by atoms with E-state index in [0.717, 1.165) is 15.7 Å². The second-order valence-corrected chi connectivity index (χ2v) is 13.2. The van der Waals surface area contributed by atoms with E-state index in [2.05, 4.69) is 32.4 Å². The number of nitrogens with zero attached hydrogens (tertiary/aromatic N) is 5. The number of fused-ring (bicyclic) bond motifs is 4. The number of piperidine rings is 1. The van der Waals surface area contributed by atoms with E-state index in [1.54, 1.807) is 49.1 Å². The van der Waals surface area contributed by atoms with Gasteiger partial charge in [-0.2, -0.15) is 5.10 Å². The number of carbonyl (C=O) groups excluding carboxylic acids is 5. The van der Waals surface area contributed by atoms with Crippen molar-refractivity contribution >= 4 is 57.4 Å². The number of ether oxygens (including phenoxy) is 2. The van der Waals surface area contributed by atoms with Crippen molar-refractivity contribution in [3.05, 3.63) is 83.0 Å². The summed E-state index contributed by atoms with van der Waals surface area (Å²) in [5.74, 6) is 4.19. The molecule has 0 saturated carbocycles. The van der Waals surface area contributed by atoms with Crippen molar-refractivity contribution in [2.75, 3.05) is 30.1 Å². The van der Waals surface area contributed by atoms with Crippen LogP contribution in [-0.2, 0) is 19.9 Å². The topological polar surface area (TPSA) is 157 Å². The van der Waals surface area contributed by atoms with Gasteiger partial charge in [0.2, 0.25) is 18.6 Å². The van der Waals surface area contributed by atoms with Crippen LogP contribution >= 0.6 is 0 Å². The quantitative estimate of drug-likeness (QED) is 0.182. The minimum absolute atomic E-state index is 0.0229. The SMILES string of the molecule is [C-]#[N+]c1ccc(NC(=O)C(C)(C)n2cc(C#CC3CN(c4cc5c(c6c4OCO6)C(=O)N(C4CCC(=O)NC4=O)C5=O)C3)cn2)c2ccccc12. The van der Waals surface area contributed by atoms with E-state index in [0.29, 0.717) is 41.5 Å². The van der Waals surface area contributed by atoms with Gasteiger partial charge >= 0.3 is 0 Å². The number of carbonyl (C=O) groups is 5. The number of rotatable bonds is 5. The molecule has 0 bridgehead atoms. The highest BCUT2D eigenvalue weighted by molar-refractivity contribution is 6.25. The average molecular weight is 684 g/mol. The summed E-state index contributed by atoms with van der Waals surface area (Å²) in [5.41, 5.74) is 1.44. The van der Waals surface area contributed by atoms with Gasteiger partial charge in [0, 0.05) is 31.4 Å². The van der Waals surface area contributed by atoms with Crippen molar-refractivity contribution in [3.8, 4) is 23.3 Å². The molecular weight excluding hydrogens is 654 g/mol. The Morgan fingerprint density at radius 2 is 1.82 bits per heavy atom. The molecule has 14 heteroatoms. The van der Waals surface area contributed by atoms with E-state index >= 15 is 0 Å². The molecule has 3 aromatic carbocycles. The zero-order chi connectivity index (χ0) is 35.6. The number of hydrogen-bond acceptors (Lipinski definition) is 9. The molecule has 14 nitrogen and oxygen atoms in total. The minimum atomic E-state index is -1.09. The van der Waals surface area contributed by atoms with Crippen LogP contribution in [0.4, 0.5) is 17.1 Å². The molecule has 0 spiro atoms. The van der Waals surface area contributed by atoms with Crippen LogP contribution in [0.5, 0.6) is 11.5 Å². The van der Waals surface area contributed by atoms with Gasteiger partial charge in [-0.1, -0.05) is 42.2 Å². The molecule has 4 aromatic rings. The number of aromatic nitrogens is 2. The molecule has 2 fully saturated rings. The Labute approximate surface area is 291 Å². The predicted molar refractivity (Wildman–Crippen MR) is 182 cm³/mol. The fraction of sp³-hybridized carbons (Fsp3) is 0.270. The van der Waals surface area contributed by atoms with E-state index < -0.39 is 35.2 Å². The molecule has 5 amide bonds. The molecule has 1 atom stereocenters. The largest absolute Gasteiger partial charge is 0.453 e. The Hall–Kier alpha value is -6.67. The van der Waals surface area contributed by atoms with E-state index in [1.165, 1.54) is 0 Å². The Morgan fingerprint density at radius 1 is 1.06 bits per heavy atom. The lowest BCUT2D eigenvalue weighted by Gasteiger charge is -2.38. The lowest BCUT2D eigenvalue weighted by atomic mass is 9.97. The van der Waals surface area contributed by atoms with Crippen LogP contribution in [0.15, 0.2) is 54.9 Å². The van der Waals surface area contributed by atoms with Crippen LogP contribution in [0.1, 0.15) is 53.0 Å². The van der Waals surface area contributed by atoms with Crippen molar-refractivity contribution in [3.63, 3.8) is 0 Å². The third kappa shape index (κ3) is 5.11. The zero-order valence-corrected chi connectivity index (χ0v) is 27.5. The fourth-order valence-electron chi connectivity index (χ4n) is 6.74. The lowest BCUT2D eigenvalue weighted by molar-refractivity contribution is -0.136. The minimum Gasteiger partial charge on any atom is -0.453 e. The Balaban J connectivity index is 0.955. The Bertz CT molecular complexity index is 2340. The second-order valence-electron chi connectivity index (χ2n) is 13.2. The first-order valence-corrected chi connectivity index (χ1v) is 16.3. The molecular formula is C37H29N7O7. The Kier molecular flexibility index (Phi) is 7.27. The summed E-state index contributed by atoms with van der Waals surface area (Å²) in [4.78, 5) is 71.0. The van der Waals surface area contributed by atoms with Gasteiger partial charge in [0.05, 0.1) is 41.1 Å². The van der Waals surface area contributed by atoms with Crippen LogP contribution in [0.2, 0.25) is 0 Å². The van der Waals surface area contributed by atoms with Crippen molar-refractivity contribution < 1.29 is 33.4 Å². The molecule has 2 N–H and O–H groups in total. The molecule has 8 rings (SSSR count). The summed E-state index contributed by atoms with van der Waals surface area (Å²) in [6, 6.07) is 11.4. The molecule has 0 aliphatic carbocycles. The first-order valence-electron chi connectivity index (χ1n) is 16.3. The second kappa shape index (κ2) is 11.7. The summed E-state index contributed by atoms with van der Waals surface area (Å²) in [5, 5.41) is 11.2. The van der Waals surface area contributed by atoms with Crippen molar-refractivity contribution in [1.82, 2.24) is 20.0 Å². The first kappa shape index (κ1) is 31.6. The van der Waals surface area contributed by atoms with E-state index in [4.69, 9.17) is 16.0 Å². The first-order chi connectivity index (χ1) is 24.5. The maximum Gasteiger partial charge on any atom is 0.266 e. The molecule has 2 saturated heterocycles. The van der Waals surface area contributed by atoms with Crippen molar-refractivity contribution in [2.24, 2.45) is 5.92 Å². The molecule has 254 valence electrons. The maximum absolute atomic E-state index is 13.5. The van der Waals surface area contributed by atoms with Crippen molar-refractivity contribution in [2.45, 2.75) is 38.3 Å². The van der Waals surface area contributed by atoms with Gasteiger partial charge in [-0.05, 0) is 43.2 Å². The van der Waals surface area contributed by atoms with E-state index in [1.807, 2.05) is 29.2 Å². The maximum atomic E-state index is 13.5. The summed E-state index contributed by atoms with van der Waals surface area (Å²) < 4.78 is 13.0. The average Bonchev–Trinajstić information content (AvgIpc) is 3.84. The molecule has 1 unspecified atom stereocenters. The standard InChI is InChI=1S/C37H29N7O7/c1-37(2,36(49)40-26-11-10-25(38-3)22-6-4-5-7-23(22)26)43-18-20(15-39-43)8-9-21-16-42(17-21)28-14-24-30(32-31(28)50-19-51-32)35(48)44(34(24)47)27-12-13-29(45)41-33(27)46/h4-7,10-11,14-15,18,21,27H,12-13,16-17,19H2,1-2H3,(H,40,49)(H,41,45,46). The number of nitrogens with one attached hydrogen (secondary N) is 2. The van der Waals surface area contributed by atoms with E-state index in [9.17, 15) is 24.0 Å². The summed E-state index contributed by atoms with van der Waals surface area (Å²) >= 11 is 0. The fourth-order valence-corrected chi connectivity index (χ4v) is 6.74. The highest BCUT2D eigenvalue weighted by Gasteiger charge is 2.49. The van der Waals surface area contributed by atoms with E-state index in [-0.39, 0.29) is 48.3 Å². The van der Waals surface area contributed by atoms with Crippen LogP contribution < -0.4 is 25.0 Å². The van der Waals surface area contributed by atoms with Crippen LogP contribution in [-0.4, -0.2) is 70.1 Å². The van der Waals surface area contributed by atoms with Crippen molar-refractivity contribution in [1.29, 1.82) is 0 Å². The van der Waals surface area contributed by atoms with Gasteiger partial charge < -0.3 is 19.7 Å². The zero-order valence-electron chi connectivity index (χ0n) is 27.5. The third-order valence-electron chi connectivity index (χ3n) is 9.65. The molecule has 0 radical (unpaired) electrons. The molecule has 4 aliphatic heterocycles. The number of hydrogen-bond donors (Lipinski definition) is 2. The van der Waals surface area contributed by atoms with Gasteiger partial charge in [-0.15, -0.1) is 0 Å². The highest BCUT2D eigenvalue weighted by atomic mass is 16.7. The number of amides is 5. The number of anilines is 2. The molecule has 1 aromatic heterocycles. The Morgan fingerprint density at radius 3 is 2.59 bits per heavy atom. The predicted octanol–water partition coefficient (Wildman–Crippen LogP) is 3.58. The van der Waals surface area contributed by atoms with Crippen LogP contribution in [0.25, 0.3) is 15.6 Å². The smallest absolute Gasteiger partial charge is 0.266 e. The molecule has 5 heterocycles. The van der Waals surface area contributed by atoms with Gasteiger partial charge in [0.1, 0.15) is 11.6 Å². The highest BCUT2D eigenvalue weighted by Crippen LogP contribution is 2.49. The summed E-state index contributed by atoms with van der Waals surface area (Å²) in [6.45, 7) is 11.9. The monoisotopic (exact) mass is 683 g/mol. The van der Waals surface area contributed by atoms with Gasteiger partial charge in [0.15, 0.2) is 17.2 Å². The van der Waals surface area contributed by atoms with Gasteiger partial charge in [-0.3, -0.25) is 38.9 Å². The third-order valence-corrected chi connectivity index (χ3v) is 9.65. The van der Waals surface area contributed by atoms with Crippen LogP contribution in [0.3, 0.4) is 0 Å². The van der Waals surface area contributed by atoms with Crippen LogP contribution in [0, 0.1) is 24.3 Å². The van der Waals surface area contributed by atoms with Gasteiger partial charge in [-0.25, -0.2) is 4.85 Å². The number of imide groups is 2. The summed E-state index contributed by atoms with van der Waals surface area (Å²) in [7, 11) is 0. The lowest BCUT2D eigenvalue weighted by Crippen LogP contribution is -2.54. The number of benzene rings is 3. The molecule has 51 heavy (non-hydrogen) atoms. The van der Waals surface area contributed by atoms with Gasteiger partial charge in [0.25, 0.3) is 17.7 Å². The summed E-state index contributed by atoms with van der Waals surface area (Å²) in [6.07, 6.45) is 3.40. The molecule has 4 aliphatic rings. The normalized spacial score (nSPS) is 18.2.